The molecule has 31 heavy (non-hydrogen) atoms. The second-order valence-corrected chi connectivity index (χ2v) is 9.96. The summed E-state index contributed by atoms with van der Waals surface area (Å²) < 4.78 is 0.949. The molecule has 0 bridgehead atoms. The van der Waals surface area contributed by atoms with Crippen molar-refractivity contribution in [3.05, 3.63) is 40.1 Å². The summed E-state index contributed by atoms with van der Waals surface area (Å²) >= 11 is 3.56. The molecule has 1 N–H and O–H groups in total. The second kappa shape index (κ2) is 8.52. The molecule has 1 aromatic carbocycles. The van der Waals surface area contributed by atoms with Crippen molar-refractivity contribution in [3.63, 3.8) is 0 Å². The molecule has 0 saturated carbocycles. The van der Waals surface area contributed by atoms with Gasteiger partial charge in [0, 0.05) is 49.7 Å². The number of aryl methyl sites for hydroxylation is 2. The van der Waals surface area contributed by atoms with Crippen LogP contribution in [0.3, 0.4) is 0 Å². The highest BCUT2D eigenvalue weighted by molar-refractivity contribution is 9.10. The van der Waals surface area contributed by atoms with Crippen LogP contribution in [0.15, 0.2) is 29.0 Å². The normalized spacial score (nSPS) is 19.4. The highest BCUT2D eigenvalue weighted by atomic mass is 79.9. The largest absolute Gasteiger partial charge is 0.369 e. The number of likely N-dealkylation sites (tertiary alicyclic amines) is 1. The number of hydrogen-bond donors (Lipinski definition) is 1. The lowest BCUT2D eigenvalue weighted by Crippen LogP contribution is -2.53. The van der Waals surface area contributed by atoms with Crippen LogP contribution in [0.2, 0.25) is 0 Å². The van der Waals surface area contributed by atoms with Gasteiger partial charge in [-0.05, 0) is 86.0 Å². The molecule has 2 aromatic heterocycles. The third-order valence-corrected chi connectivity index (χ3v) is 7.56. The number of benzene rings is 1. The van der Waals surface area contributed by atoms with Crippen molar-refractivity contribution < 1.29 is 0 Å². The second-order valence-electron chi connectivity index (χ2n) is 9.11. The number of halogens is 1. The number of H-pyrrole nitrogens is 1. The van der Waals surface area contributed by atoms with Gasteiger partial charge in [-0.2, -0.15) is 0 Å². The van der Waals surface area contributed by atoms with E-state index in [1.807, 2.05) is 12.4 Å². The molecule has 5 rings (SSSR count). The lowest BCUT2D eigenvalue weighted by atomic mass is 10.00. The van der Waals surface area contributed by atoms with Crippen LogP contribution in [-0.4, -0.2) is 77.1 Å². The van der Waals surface area contributed by atoms with Gasteiger partial charge < -0.3 is 14.8 Å². The number of piperidine rings is 1. The van der Waals surface area contributed by atoms with Crippen LogP contribution in [0.1, 0.15) is 24.0 Å². The Bertz CT molecular complexity index is 1050. The molecule has 2 saturated heterocycles. The van der Waals surface area contributed by atoms with Crippen molar-refractivity contribution in [3.8, 4) is 11.3 Å². The van der Waals surface area contributed by atoms with Crippen molar-refractivity contribution in [2.75, 3.05) is 51.2 Å². The van der Waals surface area contributed by atoms with Gasteiger partial charge in [-0.15, -0.1) is 0 Å². The number of anilines is 1. The van der Waals surface area contributed by atoms with Crippen LogP contribution in [0, 0.1) is 13.8 Å². The Labute approximate surface area is 192 Å². The molecule has 0 unspecified atom stereocenters. The maximum Gasteiger partial charge on any atom is 0.157 e. The Kier molecular flexibility index (Phi) is 5.75. The highest BCUT2D eigenvalue weighted by Gasteiger charge is 2.27. The quantitative estimate of drug-likeness (QED) is 0.605. The van der Waals surface area contributed by atoms with E-state index in [1.54, 1.807) is 0 Å². The number of rotatable bonds is 3. The number of aromatic amines is 1. The number of fused-ring (bicyclic) bond motifs is 1. The van der Waals surface area contributed by atoms with Crippen LogP contribution in [0.5, 0.6) is 0 Å². The van der Waals surface area contributed by atoms with E-state index >= 15 is 0 Å². The van der Waals surface area contributed by atoms with E-state index in [9.17, 15) is 0 Å². The molecule has 0 atom stereocenters. The summed E-state index contributed by atoms with van der Waals surface area (Å²) in [5, 5.41) is 0. The Morgan fingerprint density at radius 3 is 2.35 bits per heavy atom. The topological polar surface area (TPSA) is 51.3 Å². The standard InChI is InChI=1S/C24H31BrN6/c1-16-12-18(21-15-27-24-22(28-21)20(25)14-26-24)13-17(2)23(16)31-10-8-30(9-11-31)19-4-6-29(3)7-5-19/h12-15,19H,4-11H2,1-3H3,(H,26,27). The zero-order chi connectivity index (χ0) is 21.5. The van der Waals surface area contributed by atoms with E-state index in [0.29, 0.717) is 0 Å². The fourth-order valence-electron chi connectivity index (χ4n) is 5.27. The van der Waals surface area contributed by atoms with Gasteiger partial charge in [0.05, 0.1) is 16.4 Å². The summed E-state index contributed by atoms with van der Waals surface area (Å²) in [6.07, 6.45) is 6.37. The van der Waals surface area contributed by atoms with Crippen LogP contribution in [-0.2, 0) is 0 Å². The zero-order valence-corrected chi connectivity index (χ0v) is 20.2. The first-order valence-corrected chi connectivity index (χ1v) is 12.1. The van der Waals surface area contributed by atoms with Gasteiger partial charge in [0.1, 0.15) is 5.52 Å². The van der Waals surface area contributed by atoms with Crippen molar-refractivity contribution in [1.29, 1.82) is 0 Å². The molecule has 6 nitrogen and oxygen atoms in total. The summed E-state index contributed by atoms with van der Waals surface area (Å²) in [6.45, 7) is 11.5. The monoisotopic (exact) mass is 482 g/mol. The molecule has 3 aromatic rings. The predicted molar refractivity (Wildman–Crippen MR) is 131 cm³/mol. The molecule has 2 fully saturated rings. The third kappa shape index (κ3) is 4.11. The fraction of sp³-hybridized carbons (Fsp3) is 0.500. The van der Waals surface area contributed by atoms with Gasteiger partial charge in [0.15, 0.2) is 5.65 Å². The van der Waals surface area contributed by atoms with Gasteiger partial charge in [0.2, 0.25) is 0 Å². The highest BCUT2D eigenvalue weighted by Crippen LogP contribution is 2.32. The summed E-state index contributed by atoms with van der Waals surface area (Å²) in [4.78, 5) is 20.3. The van der Waals surface area contributed by atoms with Crippen molar-refractivity contribution in [2.45, 2.75) is 32.7 Å². The van der Waals surface area contributed by atoms with E-state index < -0.39 is 0 Å². The number of hydrogen-bond acceptors (Lipinski definition) is 5. The Hall–Kier alpha value is -1.96. The van der Waals surface area contributed by atoms with Crippen molar-refractivity contribution in [2.24, 2.45) is 0 Å². The van der Waals surface area contributed by atoms with E-state index in [1.165, 1.54) is 55.8 Å². The molecule has 0 spiro atoms. The van der Waals surface area contributed by atoms with Crippen LogP contribution >= 0.6 is 15.9 Å². The van der Waals surface area contributed by atoms with Gasteiger partial charge >= 0.3 is 0 Å². The molecule has 164 valence electrons. The Morgan fingerprint density at radius 1 is 1.00 bits per heavy atom. The third-order valence-electron chi connectivity index (χ3n) is 6.96. The SMILES string of the molecule is Cc1cc(-c2cnc3[nH]cc(Br)c3n2)cc(C)c1N1CCN(C2CCN(C)CC2)CC1. The van der Waals surface area contributed by atoms with E-state index in [2.05, 4.69) is 73.6 Å². The minimum atomic E-state index is 0.768. The Balaban J connectivity index is 1.33. The summed E-state index contributed by atoms with van der Waals surface area (Å²) in [5.74, 6) is 0. The number of nitrogens with zero attached hydrogens (tertiary/aromatic N) is 5. The zero-order valence-electron chi connectivity index (χ0n) is 18.7. The van der Waals surface area contributed by atoms with E-state index in [4.69, 9.17) is 4.98 Å². The van der Waals surface area contributed by atoms with Crippen molar-refractivity contribution >= 4 is 32.8 Å². The summed E-state index contributed by atoms with van der Waals surface area (Å²) in [7, 11) is 2.24. The molecule has 7 heteroatoms. The molecule has 0 amide bonds. The van der Waals surface area contributed by atoms with Gasteiger partial charge in [0.25, 0.3) is 0 Å². The summed E-state index contributed by atoms with van der Waals surface area (Å²) in [5.41, 5.74) is 7.76. The van der Waals surface area contributed by atoms with E-state index in [0.717, 1.165) is 46.0 Å². The van der Waals surface area contributed by atoms with Crippen LogP contribution < -0.4 is 4.90 Å². The maximum absolute atomic E-state index is 4.83. The van der Waals surface area contributed by atoms with E-state index in [-0.39, 0.29) is 0 Å². The van der Waals surface area contributed by atoms with Gasteiger partial charge in [-0.3, -0.25) is 4.90 Å². The lowest BCUT2D eigenvalue weighted by molar-refractivity contribution is 0.115. The predicted octanol–water partition coefficient (Wildman–Crippen LogP) is 4.22. The number of aromatic nitrogens is 3. The average molecular weight is 483 g/mol. The summed E-state index contributed by atoms with van der Waals surface area (Å²) in [6, 6.07) is 5.30. The minimum absolute atomic E-state index is 0.768. The van der Waals surface area contributed by atoms with Gasteiger partial charge in [-0.1, -0.05) is 0 Å². The molecule has 0 aliphatic carbocycles. The molecule has 4 heterocycles. The molecular formula is C24H31BrN6. The lowest BCUT2D eigenvalue weighted by Gasteiger charge is -2.43. The smallest absolute Gasteiger partial charge is 0.157 e. The molecular weight excluding hydrogens is 452 g/mol. The first-order chi connectivity index (χ1) is 15.0. The van der Waals surface area contributed by atoms with Gasteiger partial charge in [-0.25, -0.2) is 9.97 Å². The first kappa shape index (κ1) is 20.9. The minimum Gasteiger partial charge on any atom is -0.369 e. The fourth-order valence-corrected chi connectivity index (χ4v) is 5.66. The molecule has 0 radical (unpaired) electrons. The van der Waals surface area contributed by atoms with Crippen LogP contribution in [0.4, 0.5) is 5.69 Å². The van der Waals surface area contributed by atoms with Crippen LogP contribution in [0.25, 0.3) is 22.4 Å². The molecule has 2 aliphatic rings. The van der Waals surface area contributed by atoms with Crippen molar-refractivity contribution in [1.82, 2.24) is 24.8 Å². The first-order valence-electron chi connectivity index (χ1n) is 11.3. The maximum atomic E-state index is 4.83. The Morgan fingerprint density at radius 2 is 1.68 bits per heavy atom. The number of piperazine rings is 1. The molecule has 2 aliphatic heterocycles. The number of nitrogens with one attached hydrogen (secondary N) is 1. The average Bonchev–Trinajstić information content (AvgIpc) is 3.14.